The summed E-state index contributed by atoms with van der Waals surface area (Å²) in [6.45, 7) is 0. The van der Waals surface area contributed by atoms with Crippen molar-refractivity contribution in [1.29, 1.82) is 0 Å². The van der Waals surface area contributed by atoms with Crippen LogP contribution in [0.15, 0.2) is 59.5 Å². The topological polar surface area (TPSA) is 49.4 Å². The number of carbonyl (C=O) groups is 2. The third kappa shape index (κ3) is 4.99. The summed E-state index contributed by atoms with van der Waals surface area (Å²) in [5, 5.41) is 2.78. The Balaban J connectivity index is 1.96. The third-order valence-corrected chi connectivity index (χ3v) is 4.09. The van der Waals surface area contributed by atoms with Crippen LogP contribution in [0.3, 0.4) is 0 Å². The van der Waals surface area contributed by atoms with Gasteiger partial charge in [-0.2, -0.15) is 0 Å². The summed E-state index contributed by atoms with van der Waals surface area (Å²) < 4.78 is 0. The van der Waals surface area contributed by atoms with Gasteiger partial charge >= 0.3 is 0 Å². The summed E-state index contributed by atoms with van der Waals surface area (Å²) in [7, 11) is 3.41. The van der Waals surface area contributed by atoms with E-state index in [1.54, 1.807) is 56.2 Å². The third-order valence-electron chi connectivity index (χ3n) is 3.35. The predicted octanol–water partition coefficient (Wildman–Crippen LogP) is 3.76. The lowest BCUT2D eigenvalue weighted by atomic mass is 10.2. The number of hydrogen-bond acceptors (Lipinski definition) is 3. The lowest BCUT2D eigenvalue weighted by Gasteiger charge is -2.10. The first kappa shape index (κ1) is 17.8. The zero-order valence-corrected chi connectivity index (χ0v) is 14.8. The minimum absolute atomic E-state index is 0.0681. The van der Waals surface area contributed by atoms with Gasteiger partial charge in [0, 0.05) is 36.3 Å². The quantitative estimate of drug-likeness (QED) is 0.666. The zero-order valence-electron chi connectivity index (χ0n) is 13.9. The summed E-state index contributed by atoms with van der Waals surface area (Å²) in [5.41, 5.74) is 2.20. The molecule has 0 atom stereocenters. The van der Waals surface area contributed by atoms with E-state index in [9.17, 15) is 9.59 Å². The lowest BCUT2D eigenvalue weighted by Crippen LogP contribution is -2.21. The molecule has 0 saturated heterocycles. The summed E-state index contributed by atoms with van der Waals surface area (Å²) >= 11 is 1.68. The van der Waals surface area contributed by atoms with Crippen molar-refractivity contribution in [2.45, 2.75) is 4.90 Å². The highest BCUT2D eigenvalue weighted by molar-refractivity contribution is 7.98. The highest BCUT2D eigenvalue weighted by Crippen LogP contribution is 2.16. The molecule has 1 N–H and O–H groups in total. The van der Waals surface area contributed by atoms with Gasteiger partial charge in [-0.25, -0.2) is 0 Å². The van der Waals surface area contributed by atoms with E-state index in [2.05, 4.69) is 5.32 Å². The number of hydrogen-bond donors (Lipinski definition) is 1. The zero-order chi connectivity index (χ0) is 17.5. The molecule has 5 heteroatoms. The van der Waals surface area contributed by atoms with Crippen molar-refractivity contribution in [2.24, 2.45) is 0 Å². The minimum Gasteiger partial charge on any atom is -0.345 e. The van der Waals surface area contributed by atoms with Crippen LogP contribution in [0.4, 0.5) is 5.69 Å². The standard InChI is InChI=1S/C19H20N2O2S/c1-21(2)19(23)15-7-9-16(10-8-15)20-18(22)13-6-14-4-11-17(24-3)12-5-14/h4-13H,1-3H3,(H,20,22)/b13-6+. The summed E-state index contributed by atoms with van der Waals surface area (Å²) in [6.07, 6.45) is 5.28. The van der Waals surface area contributed by atoms with Gasteiger partial charge in [-0.05, 0) is 54.3 Å². The molecule has 0 fully saturated rings. The van der Waals surface area contributed by atoms with E-state index < -0.39 is 0 Å². The molecule has 0 aromatic heterocycles. The first-order valence-corrected chi connectivity index (χ1v) is 8.67. The van der Waals surface area contributed by atoms with E-state index in [4.69, 9.17) is 0 Å². The molecule has 2 rings (SSSR count). The number of amides is 2. The SMILES string of the molecule is CSc1ccc(/C=C/C(=O)Nc2ccc(C(=O)N(C)C)cc2)cc1. The normalized spacial score (nSPS) is 10.6. The molecule has 2 aromatic carbocycles. The van der Waals surface area contributed by atoms with Crippen LogP contribution in [0.5, 0.6) is 0 Å². The van der Waals surface area contributed by atoms with Gasteiger partial charge in [0.25, 0.3) is 5.91 Å². The van der Waals surface area contributed by atoms with Gasteiger partial charge in [0.05, 0.1) is 0 Å². The molecule has 0 aliphatic heterocycles. The van der Waals surface area contributed by atoms with Gasteiger partial charge in [-0.1, -0.05) is 12.1 Å². The molecule has 0 radical (unpaired) electrons. The molecule has 0 saturated carbocycles. The second kappa shape index (κ2) is 8.36. The molecule has 0 bridgehead atoms. The largest absolute Gasteiger partial charge is 0.345 e. The van der Waals surface area contributed by atoms with Crippen LogP contribution in [-0.4, -0.2) is 37.1 Å². The molecule has 0 heterocycles. The fourth-order valence-corrected chi connectivity index (χ4v) is 2.43. The van der Waals surface area contributed by atoms with Crippen molar-refractivity contribution in [3.8, 4) is 0 Å². The van der Waals surface area contributed by atoms with Crippen molar-refractivity contribution >= 4 is 35.3 Å². The highest BCUT2D eigenvalue weighted by atomic mass is 32.2. The number of carbonyl (C=O) groups excluding carboxylic acids is 2. The number of benzene rings is 2. The first-order valence-electron chi connectivity index (χ1n) is 7.44. The molecule has 0 spiro atoms. The fraction of sp³-hybridized carbons (Fsp3) is 0.158. The number of anilines is 1. The fourth-order valence-electron chi connectivity index (χ4n) is 2.03. The second-order valence-electron chi connectivity index (χ2n) is 5.37. The monoisotopic (exact) mass is 340 g/mol. The second-order valence-corrected chi connectivity index (χ2v) is 6.25. The molecular weight excluding hydrogens is 320 g/mol. The van der Waals surface area contributed by atoms with Crippen LogP contribution in [0.1, 0.15) is 15.9 Å². The lowest BCUT2D eigenvalue weighted by molar-refractivity contribution is -0.111. The number of thioether (sulfide) groups is 1. The maximum absolute atomic E-state index is 12.0. The smallest absolute Gasteiger partial charge is 0.253 e. The molecule has 24 heavy (non-hydrogen) atoms. The minimum atomic E-state index is -0.212. The Morgan fingerprint density at radius 3 is 2.17 bits per heavy atom. The number of nitrogens with one attached hydrogen (secondary N) is 1. The van der Waals surface area contributed by atoms with Crippen LogP contribution < -0.4 is 5.32 Å². The van der Waals surface area contributed by atoms with E-state index in [1.165, 1.54) is 15.9 Å². The van der Waals surface area contributed by atoms with Crippen LogP contribution in [0.2, 0.25) is 0 Å². The van der Waals surface area contributed by atoms with Crippen LogP contribution in [-0.2, 0) is 4.79 Å². The Morgan fingerprint density at radius 2 is 1.62 bits per heavy atom. The Bertz CT molecular complexity index is 735. The molecule has 2 amide bonds. The van der Waals surface area contributed by atoms with Crippen LogP contribution in [0.25, 0.3) is 6.08 Å². The van der Waals surface area contributed by atoms with Crippen molar-refractivity contribution in [2.75, 3.05) is 25.7 Å². The molecule has 0 aliphatic rings. The predicted molar refractivity (Wildman–Crippen MR) is 100 cm³/mol. The summed E-state index contributed by atoms with van der Waals surface area (Å²) in [5.74, 6) is -0.280. The Kier molecular flexibility index (Phi) is 6.21. The van der Waals surface area contributed by atoms with Crippen molar-refractivity contribution < 1.29 is 9.59 Å². The molecule has 0 aliphatic carbocycles. The molecule has 2 aromatic rings. The van der Waals surface area contributed by atoms with Crippen LogP contribution in [0, 0.1) is 0 Å². The van der Waals surface area contributed by atoms with Gasteiger partial charge in [-0.3, -0.25) is 9.59 Å². The van der Waals surface area contributed by atoms with Gasteiger partial charge in [0.1, 0.15) is 0 Å². The van der Waals surface area contributed by atoms with Crippen molar-refractivity contribution in [1.82, 2.24) is 4.90 Å². The number of nitrogens with zero attached hydrogens (tertiary/aromatic N) is 1. The van der Waals surface area contributed by atoms with E-state index in [-0.39, 0.29) is 11.8 Å². The number of rotatable bonds is 5. The van der Waals surface area contributed by atoms with Gasteiger partial charge in [-0.15, -0.1) is 11.8 Å². The van der Waals surface area contributed by atoms with Crippen molar-refractivity contribution in [3.63, 3.8) is 0 Å². The molecule has 4 nitrogen and oxygen atoms in total. The highest BCUT2D eigenvalue weighted by Gasteiger charge is 2.07. The van der Waals surface area contributed by atoms with E-state index >= 15 is 0 Å². The first-order chi connectivity index (χ1) is 11.5. The van der Waals surface area contributed by atoms with Gasteiger partial charge in [0.2, 0.25) is 5.91 Å². The summed E-state index contributed by atoms with van der Waals surface area (Å²) in [4.78, 5) is 26.5. The molecule has 124 valence electrons. The van der Waals surface area contributed by atoms with E-state index in [0.717, 1.165) is 5.56 Å². The average Bonchev–Trinajstić information content (AvgIpc) is 2.60. The molecule has 0 unspecified atom stereocenters. The van der Waals surface area contributed by atoms with Gasteiger partial charge < -0.3 is 10.2 Å². The summed E-state index contributed by atoms with van der Waals surface area (Å²) in [6, 6.07) is 14.8. The molecular formula is C19H20N2O2S. The maximum atomic E-state index is 12.0. The Hall–Kier alpha value is -2.53. The average molecular weight is 340 g/mol. The Morgan fingerprint density at radius 1 is 1.00 bits per heavy atom. The van der Waals surface area contributed by atoms with E-state index in [0.29, 0.717) is 11.3 Å². The Labute approximate surface area is 146 Å². The maximum Gasteiger partial charge on any atom is 0.253 e. The van der Waals surface area contributed by atoms with Gasteiger partial charge in [0.15, 0.2) is 0 Å². The van der Waals surface area contributed by atoms with Crippen LogP contribution >= 0.6 is 11.8 Å². The van der Waals surface area contributed by atoms with Crippen molar-refractivity contribution in [3.05, 3.63) is 65.7 Å². The van der Waals surface area contributed by atoms with E-state index in [1.807, 2.05) is 30.5 Å².